The van der Waals surface area contributed by atoms with Crippen LogP contribution in [0, 0.1) is 0 Å². The highest BCUT2D eigenvalue weighted by molar-refractivity contribution is 5.79. The van der Waals surface area contributed by atoms with Crippen molar-refractivity contribution in [2.75, 3.05) is 6.79 Å². The molecule has 1 aliphatic rings. The van der Waals surface area contributed by atoms with Gasteiger partial charge in [-0.25, -0.2) is 9.89 Å². The number of carbonyl (C=O) groups excluding carboxylic acids is 1. The highest BCUT2D eigenvalue weighted by atomic mass is 16.7. The maximum absolute atomic E-state index is 12.0. The van der Waals surface area contributed by atoms with Crippen LogP contribution in [0.4, 0.5) is 0 Å². The monoisotopic (exact) mass is 290 g/mol. The summed E-state index contributed by atoms with van der Waals surface area (Å²) in [4.78, 5) is 25.5. The predicted octanol–water partition coefficient (Wildman–Crippen LogP) is 0.247. The molecule has 0 radical (unpaired) electrons. The van der Waals surface area contributed by atoms with E-state index < -0.39 is 5.69 Å². The molecule has 0 bridgehead atoms. The molecule has 1 aliphatic heterocycles. The number of aromatic amines is 2. The smallest absolute Gasteiger partial charge is 0.340 e. The minimum absolute atomic E-state index is 0.176. The Bertz CT molecular complexity index is 721. The number of benzene rings is 1. The molecule has 0 saturated heterocycles. The van der Waals surface area contributed by atoms with Crippen molar-refractivity contribution in [1.29, 1.82) is 0 Å². The minimum atomic E-state index is -0.401. The molecular weight excluding hydrogens is 276 g/mol. The second-order valence-corrected chi connectivity index (χ2v) is 4.72. The van der Waals surface area contributed by atoms with Gasteiger partial charge in [-0.1, -0.05) is 6.07 Å². The average molecular weight is 290 g/mol. The van der Waals surface area contributed by atoms with Gasteiger partial charge in [0, 0.05) is 0 Å². The maximum atomic E-state index is 12.0. The molecule has 1 amide bonds. The Balaban J connectivity index is 1.62. The van der Waals surface area contributed by atoms with Crippen LogP contribution in [-0.2, 0) is 11.2 Å². The van der Waals surface area contributed by atoms with E-state index in [0.717, 1.165) is 5.56 Å². The molecule has 3 N–H and O–H groups in total. The normalized spacial score (nSPS) is 14.0. The molecule has 0 unspecified atom stereocenters. The number of H-pyrrole nitrogens is 2. The molecule has 1 aromatic heterocycles. The van der Waals surface area contributed by atoms with Gasteiger partial charge in [0.25, 0.3) is 0 Å². The fourth-order valence-corrected chi connectivity index (χ4v) is 2.09. The van der Waals surface area contributed by atoms with E-state index in [9.17, 15) is 9.59 Å². The lowest BCUT2D eigenvalue weighted by Gasteiger charge is -2.11. The van der Waals surface area contributed by atoms with Crippen molar-refractivity contribution in [3.8, 4) is 11.5 Å². The number of hydrogen-bond acceptors (Lipinski definition) is 5. The number of ether oxygens (including phenoxy) is 2. The van der Waals surface area contributed by atoms with E-state index in [0.29, 0.717) is 17.3 Å². The van der Waals surface area contributed by atoms with E-state index in [1.165, 1.54) is 0 Å². The van der Waals surface area contributed by atoms with Crippen molar-refractivity contribution in [2.45, 2.75) is 19.4 Å². The van der Waals surface area contributed by atoms with Crippen molar-refractivity contribution in [1.82, 2.24) is 20.5 Å². The van der Waals surface area contributed by atoms with Crippen LogP contribution in [0.25, 0.3) is 0 Å². The number of nitrogens with one attached hydrogen (secondary N) is 3. The van der Waals surface area contributed by atoms with Gasteiger partial charge in [0.05, 0.1) is 12.5 Å². The Labute approximate surface area is 119 Å². The van der Waals surface area contributed by atoms with Gasteiger partial charge in [-0.3, -0.25) is 9.78 Å². The topological polar surface area (TPSA) is 109 Å². The van der Waals surface area contributed by atoms with Crippen molar-refractivity contribution < 1.29 is 14.3 Å². The third-order valence-electron chi connectivity index (χ3n) is 3.11. The summed E-state index contributed by atoms with van der Waals surface area (Å²) in [5, 5.41) is 8.80. The van der Waals surface area contributed by atoms with Gasteiger partial charge in [0.1, 0.15) is 0 Å². The summed E-state index contributed by atoms with van der Waals surface area (Å²) in [5.41, 5.74) is 0.418. The number of carbonyl (C=O) groups is 1. The Morgan fingerprint density at radius 1 is 1.43 bits per heavy atom. The SMILES string of the molecule is C[C@@H](NC(=O)Cc1ccc2c(c1)OCO2)c1n[nH]c(=O)[nH]1. The van der Waals surface area contributed by atoms with Gasteiger partial charge in [-0.15, -0.1) is 0 Å². The number of nitrogens with zero attached hydrogens (tertiary/aromatic N) is 1. The molecule has 0 fully saturated rings. The quantitative estimate of drug-likeness (QED) is 0.747. The first-order valence-electron chi connectivity index (χ1n) is 6.44. The number of amides is 1. The Hall–Kier alpha value is -2.77. The summed E-state index contributed by atoms with van der Waals surface area (Å²) in [5.74, 6) is 1.54. The van der Waals surface area contributed by atoms with Gasteiger partial charge in [-0.05, 0) is 24.6 Å². The maximum Gasteiger partial charge on any atom is 0.340 e. The summed E-state index contributed by atoms with van der Waals surface area (Å²) < 4.78 is 10.5. The lowest BCUT2D eigenvalue weighted by molar-refractivity contribution is -0.121. The molecule has 8 nitrogen and oxygen atoms in total. The lowest BCUT2D eigenvalue weighted by Crippen LogP contribution is -2.29. The minimum Gasteiger partial charge on any atom is -0.454 e. The molecule has 0 spiro atoms. The Morgan fingerprint density at radius 2 is 2.24 bits per heavy atom. The number of fused-ring (bicyclic) bond motifs is 1. The summed E-state index contributed by atoms with van der Waals surface area (Å²) in [6.45, 7) is 1.94. The zero-order valence-electron chi connectivity index (χ0n) is 11.3. The first kappa shape index (κ1) is 13.2. The Morgan fingerprint density at radius 3 is 3.00 bits per heavy atom. The van der Waals surface area contributed by atoms with Crippen LogP contribution in [0.2, 0.25) is 0 Å². The average Bonchev–Trinajstić information content (AvgIpc) is 3.06. The third-order valence-corrected chi connectivity index (χ3v) is 3.11. The van der Waals surface area contributed by atoms with E-state index in [4.69, 9.17) is 9.47 Å². The highest BCUT2D eigenvalue weighted by Crippen LogP contribution is 2.32. The molecular formula is C13H14N4O4. The van der Waals surface area contributed by atoms with Gasteiger partial charge >= 0.3 is 5.69 Å². The van der Waals surface area contributed by atoms with E-state index in [1.807, 2.05) is 6.07 Å². The molecule has 1 aromatic carbocycles. The van der Waals surface area contributed by atoms with Crippen LogP contribution in [-0.4, -0.2) is 27.9 Å². The zero-order chi connectivity index (χ0) is 14.8. The van der Waals surface area contributed by atoms with Gasteiger partial charge < -0.3 is 14.8 Å². The first-order valence-corrected chi connectivity index (χ1v) is 6.44. The van der Waals surface area contributed by atoms with Crippen molar-refractivity contribution in [3.05, 3.63) is 40.1 Å². The molecule has 2 aromatic rings. The number of hydrogen-bond donors (Lipinski definition) is 3. The van der Waals surface area contributed by atoms with Gasteiger partial charge in [-0.2, -0.15) is 5.10 Å². The zero-order valence-corrected chi connectivity index (χ0v) is 11.3. The van der Waals surface area contributed by atoms with Crippen LogP contribution in [0.1, 0.15) is 24.4 Å². The van der Waals surface area contributed by atoms with Crippen LogP contribution >= 0.6 is 0 Å². The predicted molar refractivity (Wildman–Crippen MR) is 72.0 cm³/mol. The van der Waals surface area contributed by atoms with E-state index in [-0.39, 0.29) is 25.2 Å². The molecule has 3 rings (SSSR count). The molecule has 110 valence electrons. The van der Waals surface area contributed by atoms with Crippen LogP contribution in [0.3, 0.4) is 0 Å². The standard InChI is InChI=1S/C13H14N4O4/c1-7(12-15-13(19)17-16-12)14-11(18)5-8-2-3-9-10(4-8)21-6-20-9/h2-4,7H,5-6H2,1H3,(H,14,18)(H2,15,16,17,19)/t7-/m1/s1. The summed E-state index contributed by atoms with van der Waals surface area (Å²) in [6, 6.07) is 4.99. The molecule has 0 saturated carbocycles. The van der Waals surface area contributed by atoms with Crippen LogP contribution in [0.5, 0.6) is 11.5 Å². The van der Waals surface area contributed by atoms with Crippen molar-refractivity contribution in [3.63, 3.8) is 0 Å². The summed E-state index contributed by atoms with van der Waals surface area (Å²) in [7, 11) is 0. The summed E-state index contributed by atoms with van der Waals surface area (Å²) >= 11 is 0. The van der Waals surface area contributed by atoms with E-state index in [2.05, 4.69) is 20.5 Å². The molecule has 21 heavy (non-hydrogen) atoms. The van der Waals surface area contributed by atoms with Crippen molar-refractivity contribution >= 4 is 5.91 Å². The molecule has 2 heterocycles. The van der Waals surface area contributed by atoms with Gasteiger partial charge in [0.15, 0.2) is 17.3 Å². The lowest BCUT2D eigenvalue weighted by atomic mass is 10.1. The highest BCUT2D eigenvalue weighted by Gasteiger charge is 2.16. The number of rotatable bonds is 4. The second kappa shape index (κ2) is 5.31. The largest absolute Gasteiger partial charge is 0.454 e. The fraction of sp³-hybridized carbons (Fsp3) is 0.308. The van der Waals surface area contributed by atoms with E-state index >= 15 is 0 Å². The molecule has 0 aliphatic carbocycles. The summed E-state index contributed by atoms with van der Waals surface area (Å²) in [6.07, 6.45) is 0.204. The van der Waals surface area contributed by atoms with Gasteiger partial charge in [0.2, 0.25) is 12.7 Å². The molecule has 8 heteroatoms. The van der Waals surface area contributed by atoms with Crippen LogP contribution in [0.15, 0.2) is 23.0 Å². The first-order chi connectivity index (χ1) is 10.1. The number of aromatic nitrogens is 3. The van der Waals surface area contributed by atoms with E-state index in [1.54, 1.807) is 19.1 Å². The van der Waals surface area contributed by atoms with Crippen LogP contribution < -0.4 is 20.5 Å². The third kappa shape index (κ3) is 2.88. The Kier molecular flexibility index (Phi) is 3.35. The van der Waals surface area contributed by atoms with Crippen molar-refractivity contribution in [2.24, 2.45) is 0 Å². The second-order valence-electron chi connectivity index (χ2n) is 4.72. The molecule has 1 atom stereocenters. The fourth-order valence-electron chi connectivity index (χ4n) is 2.09.